The van der Waals surface area contributed by atoms with Gasteiger partial charge < -0.3 is 9.47 Å². The van der Waals surface area contributed by atoms with Crippen molar-refractivity contribution in [2.45, 2.75) is 0 Å². The van der Waals surface area contributed by atoms with Gasteiger partial charge in [-0.05, 0) is 65.1 Å². The van der Waals surface area contributed by atoms with Crippen LogP contribution in [-0.2, 0) is 4.74 Å². The molecule has 0 aliphatic rings. The first kappa shape index (κ1) is 16.8. The van der Waals surface area contributed by atoms with Crippen molar-refractivity contribution in [1.29, 1.82) is 0 Å². The highest BCUT2D eigenvalue weighted by Gasteiger charge is 2.13. The molecule has 114 valence electrons. The largest absolute Gasteiger partial charge is 0.496 e. The summed E-state index contributed by atoms with van der Waals surface area (Å²) in [6.45, 7) is -0.316. The molecule has 0 aromatic heterocycles. The van der Waals surface area contributed by atoms with E-state index in [0.717, 1.165) is 3.57 Å². The van der Waals surface area contributed by atoms with Crippen molar-refractivity contribution in [2.75, 3.05) is 13.7 Å². The van der Waals surface area contributed by atoms with Gasteiger partial charge in [0.05, 0.1) is 16.2 Å². The summed E-state index contributed by atoms with van der Waals surface area (Å²) in [6.07, 6.45) is 0. The third-order valence-electron chi connectivity index (χ3n) is 2.89. The number of ketones is 1. The standard InChI is InChI=1S/C16H12ClIO4/c1-21-15-7-4-11(8-13(15)18)16(20)22-9-14(19)10-2-5-12(17)6-3-10/h2-8H,9H2,1H3. The number of hydrogen-bond donors (Lipinski definition) is 0. The van der Waals surface area contributed by atoms with Crippen LogP contribution in [0.15, 0.2) is 42.5 Å². The quantitative estimate of drug-likeness (QED) is 0.409. The number of esters is 1. The van der Waals surface area contributed by atoms with Crippen molar-refractivity contribution in [2.24, 2.45) is 0 Å². The van der Waals surface area contributed by atoms with E-state index in [0.29, 0.717) is 21.9 Å². The zero-order chi connectivity index (χ0) is 16.1. The number of Topliss-reactive ketones (excluding diaryl/α,β-unsaturated/α-hetero) is 1. The normalized spacial score (nSPS) is 10.1. The van der Waals surface area contributed by atoms with Crippen LogP contribution in [0, 0.1) is 3.57 Å². The first-order valence-electron chi connectivity index (χ1n) is 6.30. The Bertz CT molecular complexity index is 698. The second-order valence-electron chi connectivity index (χ2n) is 4.36. The Balaban J connectivity index is 1.99. The van der Waals surface area contributed by atoms with Crippen molar-refractivity contribution in [3.05, 3.63) is 62.2 Å². The molecule has 0 bridgehead atoms. The smallest absolute Gasteiger partial charge is 0.338 e. The first-order chi connectivity index (χ1) is 10.5. The van der Waals surface area contributed by atoms with Gasteiger partial charge in [-0.25, -0.2) is 4.79 Å². The van der Waals surface area contributed by atoms with Crippen LogP contribution in [0.5, 0.6) is 5.75 Å². The minimum atomic E-state index is -0.553. The van der Waals surface area contributed by atoms with Gasteiger partial charge in [0, 0.05) is 10.6 Å². The molecule has 0 aliphatic carbocycles. The van der Waals surface area contributed by atoms with E-state index in [1.54, 1.807) is 49.6 Å². The SMILES string of the molecule is COc1ccc(C(=O)OCC(=O)c2ccc(Cl)cc2)cc1I. The van der Waals surface area contributed by atoms with E-state index < -0.39 is 5.97 Å². The number of ether oxygens (including phenoxy) is 2. The van der Waals surface area contributed by atoms with Crippen LogP contribution in [0.1, 0.15) is 20.7 Å². The molecule has 0 saturated carbocycles. The number of carbonyl (C=O) groups excluding carboxylic acids is 2. The maximum Gasteiger partial charge on any atom is 0.338 e. The van der Waals surface area contributed by atoms with E-state index in [4.69, 9.17) is 21.1 Å². The summed E-state index contributed by atoms with van der Waals surface area (Å²) >= 11 is 7.82. The van der Waals surface area contributed by atoms with Gasteiger partial charge in [0.2, 0.25) is 0 Å². The third-order valence-corrected chi connectivity index (χ3v) is 3.98. The van der Waals surface area contributed by atoms with Gasteiger partial charge in [0.15, 0.2) is 12.4 Å². The number of carbonyl (C=O) groups is 2. The molecule has 22 heavy (non-hydrogen) atoms. The lowest BCUT2D eigenvalue weighted by atomic mass is 10.1. The van der Waals surface area contributed by atoms with Crippen molar-refractivity contribution in [3.8, 4) is 5.75 Å². The average Bonchev–Trinajstić information content (AvgIpc) is 2.52. The molecule has 0 aliphatic heterocycles. The number of rotatable bonds is 5. The predicted molar refractivity (Wildman–Crippen MR) is 91.8 cm³/mol. The second kappa shape index (κ2) is 7.60. The molecule has 0 fully saturated rings. The van der Waals surface area contributed by atoms with E-state index in [1.807, 2.05) is 0 Å². The highest BCUT2D eigenvalue weighted by atomic mass is 127. The van der Waals surface area contributed by atoms with Gasteiger partial charge in [0.1, 0.15) is 5.75 Å². The molecule has 0 unspecified atom stereocenters. The molecule has 0 N–H and O–H groups in total. The predicted octanol–water partition coefficient (Wildman–Crippen LogP) is 3.99. The van der Waals surface area contributed by atoms with E-state index in [9.17, 15) is 9.59 Å². The van der Waals surface area contributed by atoms with Crippen LogP contribution in [0.4, 0.5) is 0 Å². The lowest BCUT2D eigenvalue weighted by Crippen LogP contribution is -2.14. The summed E-state index contributed by atoms with van der Waals surface area (Å²) in [5.41, 5.74) is 0.815. The lowest BCUT2D eigenvalue weighted by Gasteiger charge is -2.07. The van der Waals surface area contributed by atoms with E-state index >= 15 is 0 Å². The van der Waals surface area contributed by atoms with Gasteiger partial charge in [-0.1, -0.05) is 11.6 Å². The lowest BCUT2D eigenvalue weighted by molar-refractivity contribution is 0.0474. The Morgan fingerprint density at radius 2 is 1.73 bits per heavy atom. The third kappa shape index (κ3) is 4.20. The molecule has 4 nitrogen and oxygen atoms in total. The molecule has 2 rings (SSSR count). The summed E-state index contributed by atoms with van der Waals surface area (Å²) in [7, 11) is 1.56. The molecular formula is C16H12ClIO4. The number of hydrogen-bond acceptors (Lipinski definition) is 4. The van der Waals surface area contributed by atoms with Crippen LogP contribution >= 0.6 is 34.2 Å². The summed E-state index contributed by atoms with van der Waals surface area (Å²) in [4.78, 5) is 23.9. The molecule has 6 heteroatoms. The van der Waals surface area contributed by atoms with Crippen LogP contribution < -0.4 is 4.74 Å². The average molecular weight is 431 g/mol. The Morgan fingerprint density at radius 1 is 1.09 bits per heavy atom. The molecule has 0 atom stereocenters. The van der Waals surface area contributed by atoms with Gasteiger partial charge in [-0.3, -0.25) is 4.79 Å². The van der Waals surface area contributed by atoms with E-state index in [-0.39, 0.29) is 12.4 Å². The summed E-state index contributed by atoms with van der Waals surface area (Å²) in [5, 5.41) is 0.543. The first-order valence-corrected chi connectivity index (χ1v) is 7.76. The topological polar surface area (TPSA) is 52.6 Å². The van der Waals surface area contributed by atoms with Crippen LogP contribution in [0.25, 0.3) is 0 Å². The maximum atomic E-state index is 11.9. The fourth-order valence-corrected chi connectivity index (χ4v) is 2.59. The molecule has 0 spiro atoms. The fraction of sp³-hybridized carbons (Fsp3) is 0.125. The van der Waals surface area contributed by atoms with Gasteiger partial charge in [0.25, 0.3) is 0 Å². The van der Waals surface area contributed by atoms with Crippen molar-refractivity contribution in [1.82, 2.24) is 0 Å². The van der Waals surface area contributed by atoms with Crippen molar-refractivity contribution >= 4 is 45.9 Å². The summed E-state index contributed by atoms with van der Waals surface area (Å²) in [5.74, 6) is -0.162. The van der Waals surface area contributed by atoms with Crippen molar-refractivity contribution < 1.29 is 19.1 Å². The number of halogens is 2. The molecule has 0 radical (unpaired) electrons. The van der Waals surface area contributed by atoms with E-state index in [2.05, 4.69) is 22.6 Å². The minimum absolute atomic E-state index is 0.284. The summed E-state index contributed by atoms with van der Waals surface area (Å²) < 4.78 is 10.9. The van der Waals surface area contributed by atoms with Crippen LogP contribution in [0.2, 0.25) is 5.02 Å². The van der Waals surface area contributed by atoms with Crippen LogP contribution in [-0.4, -0.2) is 25.5 Å². The monoisotopic (exact) mass is 430 g/mol. The fourth-order valence-electron chi connectivity index (χ4n) is 1.73. The summed E-state index contributed by atoms with van der Waals surface area (Å²) in [6, 6.07) is 11.3. The van der Waals surface area contributed by atoms with E-state index in [1.165, 1.54) is 0 Å². The van der Waals surface area contributed by atoms with Gasteiger partial charge >= 0.3 is 5.97 Å². The Hall–Kier alpha value is -1.60. The highest BCUT2D eigenvalue weighted by Crippen LogP contribution is 2.22. The van der Waals surface area contributed by atoms with Gasteiger partial charge in [-0.15, -0.1) is 0 Å². The molecule has 0 amide bonds. The molecular weight excluding hydrogens is 419 g/mol. The molecule has 0 saturated heterocycles. The minimum Gasteiger partial charge on any atom is -0.496 e. The highest BCUT2D eigenvalue weighted by molar-refractivity contribution is 14.1. The maximum absolute atomic E-state index is 11.9. The van der Waals surface area contributed by atoms with Crippen molar-refractivity contribution in [3.63, 3.8) is 0 Å². The zero-order valence-corrected chi connectivity index (χ0v) is 14.6. The number of methoxy groups -OCH3 is 1. The zero-order valence-electron chi connectivity index (χ0n) is 11.6. The molecule has 0 heterocycles. The van der Waals surface area contributed by atoms with Gasteiger partial charge in [-0.2, -0.15) is 0 Å². The van der Waals surface area contributed by atoms with Crippen LogP contribution in [0.3, 0.4) is 0 Å². The number of benzene rings is 2. The Labute approximate surface area is 146 Å². The Kier molecular flexibility index (Phi) is 5.79. The molecule has 2 aromatic carbocycles. The second-order valence-corrected chi connectivity index (χ2v) is 5.95. The Morgan fingerprint density at radius 3 is 2.32 bits per heavy atom. The molecule has 2 aromatic rings.